The molecule has 0 saturated carbocycles. The third-order valence-corrected chi connectivity index (χ3v) is 2.64. The number of likely N-dealkylation sites (N-methyl/N-ethyl adjacent to an activating group) is 1. The van der Waals surface area contributed by atoms with Crippen LogP contribution >= 0.6 is 11.6 Å². The highest BCUT2D eigenvalue weighted by Crippen LogP contribution is 2.18. The monoisotopic (exact) mass is 256 g/mol. The van der Waals surface area contributed by atoms with E-state index in [-0.39, 0.29) is 6.54 Å². The van der Waals surface area contributed by atoms with Crippen LogP contribution in [0.1, 0.15) is 11.8 Å². The van der Waals surface area contributed by atoms with E-state index in [1.807, 2.05) is 0 Å². The van der Waals surface area contributed by atoms with Gasteiger partial charge in [0, 0.05) is 6.54 Å². The summed E-state index contributed by atoms with van der Waals surface area (Å²) in [6, 6.07) is 3.31. The molecule has 0 aliphatic rings. The molecule has 0 bridgehead atoms. The van der Waals surface area contributed by atoms with E-state index in [0.29, 0.717) is 16.5 Å². The quantitative estimate of drug-likeness (QED) is 0.717. The molecule has 0 aliphatic carbocycles. The van der Waals surface area contributed by atoms with Crippen LogP contribution in [0.3, 0.4) is 0 Å². The lowest BCUT2D eigenvalue weighted by molar-refractivity contribution is 0.0166. The minimum Gasteiger partial charge on any atom is -0.389 e. The van der Waals surface area contributed by atoms with Crippen LogP contribution < -0.4 is 5.32 Å². The molecule has 0 amide bonds. The first-order chi connectivity index (χ1) is 8.13. The maximum absolute atomic E-state index is 9.96. The third kappa shape index (κ3) is 2.39. The van der Waals surface area contributed by atoms with Gasteiger partial charge in [-0.25, -0.2) is 9.50 Å². The number of nitrogens with one attached hydrogen (secondary N) is 1. The van der Waals surface area contributed by atoms with Crippen LogP contribution in [0.5, 0.6) is 0 Å². The van der Waals surface area contributed by atoms with Crippen LogP contribution in [0.4, 0.5) is 0 Å². The predicted octanol–water partition coefficient (Wildman–Crippen LogP) is -0.00360. The molecule has 2 heterocycles. The first-order valence-corrected chi connectivity index (χ1v) is 5.52. The Bertz CT molecular complexity index is 516. The Balaban J connectivity index is 2.38. The van der Waals surface area contributed by atoms with E-state index >= 15 is 0 Å². The van der Waals surface area contributed by atoms with Crippen molar-refractivity contribution in [2.75, 3.05) is 13.6 Å². The summed E-state index contributed by atoms with van der Waals surface area (Å²) < 4.78 is 1.42. The van der Waals surface area contributed by atoms with Gasteiger partial charge in [0.15, 0.2) is 5.65 Å². The summed E-state index contributed by atoms with van der Waals surface area (Å²) in [4.78, 5) is 4.07. The fraction of sp³-hybridized carbons (Fsp3) is 0.400. The summed E-state index contributed by atoms with van der Waals surface area (Å²) >= 11 is 5.78. The Morgan fingerprint density at radius 1 is 1.47 bits per heavy atom. The second kappa shape index (κ2) is 4.97. The zero-order chi connectivity index (χ0) is 12.4. The van der Waals surface area contributed by atoms with Crippen molar-refractivity contribution >= 4 is 17.2 Å². The molecule has 6 nitrogen and oxygen atoms in total. The molecule has 0 aromatic carbocycles. The summed E-state index contributed by atoms with van der Waals surface area (Å²) in [5.41, 5.74) is 0.977. The van der Waals surface area contributed by atoms with Crippen molar-refractivity contribution in [2.45, 2.75) is 12.2 Å². The van der Waals surface area contributed by atoms with Crippen LogP contribution in [0.2, 0.25) is 5.15 Å². The number of hydrogen-bond donors (Lipinski definition) is 3. The van der Waals surface area contributed by atoms with Gasteiger partial charge in [0.25, 0.3) is 0 Å². The molecule has 0 saturated heterocycles. The van der Waals surface area contributed by atoms with Crippen molar-refractivity contribution in [1.82, 2.24) is 19.9 Å². The summed E-state index contributed by atoms with van der Waals surface area (Å²) in [7, 11) is 1.69. The average Bonchev–Trinajstić information content (AvgIpc) is 2.71. The van der Waals surface area contributed by atoms with Gasteiger partial charge < -0.3 is 15.5 Å². The normalized spacial score (nSPS) is 15.1. The highest BCUT2D eigenvalue weighted by molar-refractivity contribution is 6.29. The highest BCUT2D eigenvalue weighted by Gasteiger charge is 2.21. The minimum absolute atomic E-state index is 0.273. The lowest BCUT2D eigenvalue weighted by atomic mass is 10.1. The molecule has 92 valence electrons. The van der Waals surface area contributed by atoms with E-state index in [9.17, 15) is 10.2 Å². The van der Waals surface area contributed by atoms with E-state index in [0.717, 1.165) is 0 Å². The zero-order valence-electron chi connectivity index (χ0n) is 9.21. The molecule has 2 rings (SSSR count). The largest absolute Gasteiger partial charge is 0.389 e. The second-order valence-electron chi connectivity index (χ2n) is 3.68. The topological polar surface area (TPSA) is 82.7 Å². The molecular formula is C10H13ClN4O2. The molecule has 17 heavy (non-hydrogen) atoms. The summed E-state index contributed by atoms with van der Waals surface area (Å²) in [6.07, 6.45) is -0.522. The number of hydrogen-bond acceptors (Lipinski definition) is 5. The van der Waals surface area contributed by atoms with Crippen molar-refractivity contribution in [3.8, 4) is 0 Å². The third-order valence-electron chi connectivity index (χ3n) is 2.44. The van der Waals surface area contributed by atoms with Gasteiger partial charge >= 0.3 is 0 Å². The smallest absolute Gasteiger partial charge is 0.153 e. The second-order valence-corrected chi connectivity index (χ2v) is 4.07. The molecular weight excluding hydrogens is 244 g/mol. The highest BCUT2D eigenvalue weighted by atomic mass is 35.5. The van der Waals surface area contributed by atoms with Gasteiger partial charge in [0.2, 0.25) is 0 Å². The molecule has 7 heteroatoms. The van der Waals surface area contributed by atoms with Crippen molar-refractivity contribution in [1.29, 1.82) is 0 Å². The molecule has 0 aliphatic heterocycles. The Hall–Kier alpha value is -1.21. The number of nitrogens with zero attached hydrogens (tertiary/aromatic N) is 3. The van der Waals surface area contributed by atoms with Gasteiger partial charge in [-0.2, -0.15) is 5.10 Å². The minimum atomic E-state index is -1.07. The van der Waals surface area contributed by atoms with Crippen LogP contribution in [0, 0.1) is 0 Å². The number of aromatic nitrogens is 3. The molecule has 3 N–H and O–H groups in total. The number of fused-ring (bicyclic) bond motifs is 1. The van der Waals surface area contributed by atoms with Gasteiger partial charge in [0.1, 0.15) is 11.3 Å². The standard InChI is InChI=1S/C10H13ClN4O2/c1-12-5-7(16)10(17)6-4-13-9-3-2-8(11)14-15(6)9/h2-4,7,10,12,16-17H,5H2,1H3. The van der Waals surface area contributed by atoms with Gasteiger partial charge in [-0.1, -0.05) is 11.6 Å². The number of halogens is 1. The van der Waals surface area contributed by atoms with Gasteiger partial charge in [-0.05, 0) is 19.2 Å². The van der Waals surface area contributed by atoms with Crippen LogP contribution in [-0.4, -0.2) is 44.5 Å². The average molecular weight is 257 g/mol. The maximum Gasteiger partial charge on any atom is 0.153 e. The lowest BCUT2D eigenvalue weighted by Gasteiger charge is -2.16. The summed E-state index contributed by atoms with van der Waals surface area (Å²) in [5, 5.41) is 26.8. The number of rotatable bonds is 4. The van der Waals surface area contributed by atoms with E-state index in [1.54, 1.807) is 19.2 Å². The summed E-state index contributed by atoms with van der Waals surface area (Å²) in [6.45, 7) is 0.273. The van der Waals surface area contributed by atoms with Crippen molar-refractivity contribution in [3.05, 3.63) is 29.2 Å². The SMILES string of the molecule is CNCC(O)C(O)c1cnc2ccc(Cl)nn12. The van der Waals surface area contributed by atoms with E-state index in [2.05, 4.69) is 15.4 Å². The Morgan fingerprint density at radius 2 is 2.24 bits per heavy atom. The molecule has 0 fully saturated rings. The van der Waals surface area contributed by atoms with Crippen molar-refractivity contribution in [2.24, 2.45) is 0 Å². The van der Waals surface area contributed by atoms with Crippen molar-refractivity contribution in [3.63, 3.8) is 0 Å². The van der Waals surface area contributed by atoms with Gasteiger partial charge in [0.05, 0.1) is 18.0 Å². The van der Waals surface area contributed by atoms with Crippen LogP contribution in [-0.2, 0) is 0 Å². The summed E-state index contributed by atoms with van der Waals surface area (Å²) in [5.74, 6) is 0. The number of aliphatic hydroxyl groups excluding tert-OH is 2. The number of imidazole rings is 1. The molecule has 2 aromatic rings. The molecule has 0 radical (unpaired) electrons. The van der Waals surface area contributed by atoms with Crippen LogP contribution in [0.25, 0.3) is 5.65 Å². The lowest BCUT2D eigenvalue weighted by Crippen LogP contribution is -2.30. The predicted molar refractivity (Wildman–Crippen MR) is 62.9 cm³/mol. The first kappa shape index (κ1) is 12.3. The van der Waals surface area contributed by atoms with Gasteiger partial charge in [-0.3, -0.25) is 0 Å². The Morgan fingerprint density at radius 3 is 2.94 bits per heavy atom. The van der Waals surface area contributed by atoms with Crippen molar-refractivity contribution < 1.29 is 10.2 Å². The molecule has 2 aromatic heterocycles. The van der Waals surface area contributed by atoms with E-state index in [4.69, 9.17) is 11.6 Å². The first-order valence-electron chi connectivity index (χ1n) is 5.14. The zero-order valence-corrected chi connectivity index (χ0v) is 9.96. The Kier molecular flexibility index (Phi) is 3.58. The molecule has 2 atom stereocenters. The fourth-order valence-electron chi connectivity index (χ4n) is 1.59. The number of aliphatic hydroxyl groups is 2. The maximum atomic E-state index is 9.96. The molecule has 0 spiro atoms. The van der Waals surface area contributed by atoms with E-state index in [1.165, 1.54) is 10.7 Å². The molecule has 2 unspecified atom stereocenters. The van der Waals surface area contributed by atoms with Gasteiger partial charge in [-0.15, -0.1) is 0 Å². The Labute approximate surface area is 103 Å². The van der Waals surface area contributed by atoms with Crippen LogP contribution in [0.15, 0.2) is 18.3 Å². The van der Waals surface area contributed by atoms with E-state index < -0.39 is 12.2 Å². The fourth-order valence-corrected chi connectivity index (χ4v) is 1.73.